The molecule has 0 N–H and O–H groups in total. The van der Waals surface area contributed by atoms with E-state index in [1.54, 1.807) is 95.7 Å². The lowest BCUT2D eigenvalue weighted by Gasteiger charge is -2.19. The number of carbonyl (C=O) groups is 3. The zero-order valence-corrected chi connectivity index (χ0v) is 18.6. The van der Waals surface area contributed by atoms with Crippen molar-refractivity contribution >= 4 is 17.7 Å². The Kier molecular flexibility index (Phi) is 6.98. The number of aromatic nitrogens is 1. The number of rotatable bonds is 8. The van der Waals surface area contributed by atoms with Gasteiger partial charge in [-0.15, -0.1) is 0 Å². The fraction of sp³-hybridized carbons (Fsp3) is 0.107. The quantitative estimate of drug-likeness (QED) is 0.216. The Labute approximate surface area is 197 Å². The van der Waals surface area contributed by atoms with E-state index in [0.29, 0.717) is 29.0 Å². The highest BCUT2D eigenvalue weighted by Gasteiger charge is 2.26. The van der Waals surface area contributed by atoms with Crippen LogP contribution in [0.3, 0.4) is 0 Å². The number of carbonyl (C=O) groups excluding carboxylic acids is 3. The number of benzene rings is 3. The molecule has 0 spiro atoms. The molecule has 0 aliphatic heterocycles. The number of esters is 2. The highest BCUT2D eigenvalue weighted by molar-refractivity contribution is 6.08. The lowest BCUT2D eigenvalue weighted by Crippen LogP contribution is -2.25. The Morgan fingerprint density at radius 3 is 2.00 bits per heavy atom. The van der Waals surface area contributed by atoms with Gasteiger partial charge in [0.2, 0.25) is 5.78 Å². The maximum absolute atomic E-state index is 13.0. The smallest absolute Gasteiger partial charge is 0.343 e. The van der Waals surface area contributed by atoms with Gasteiger partial charge in [-0.2, -0.15) is 0 Å². The van der Waals surface area contributed by atoms with Crippen LogP contribution in [0.5, 0.6) is 5.75 Å². The minimum Gasteiger partial charge on any atom is -0.467 e. The third kappa shape index (κ3) is 5.13. The molecule has 0 unspecified atom stereocenters. The van der Waals surface area contributed by atoms with Crippen LogP contribution in [0.15, 0.2) is 103 Å². The number of hydrogen-bond donors (Lipinski definition) is 0. The SMILES string of the molecule is COC(=O)[C@H](Cc1ccc(OC(=O)c2ccccc2)cc1)n1cccc1C(=O)c1ccccc1. The minimum atomic E-state index is -0.736. The molecule has 1 heterocycles. The molecule has 0 amide bonds. The van der Waals surface area contributed by atoms with Crippen molar-refractivity contribution < 1.29 is 23.9 Å². The summed E-state index contributed by atoms with van der Waals surface area (Å²) >= 11 is 0. The first-order chi connectivity index (χ1) is 16.6. The van der Waals surface area contributed by atoms with Gasteiger partial charge in [0.05, 0.1) is 18.4 Å². The summed E-state index contributed by atoms with van der Waals surface area (Å²) in [5, 5.41) is 0. The normalized spacial score (nSPS) is 11.4. The van der Waals surface area contributed by atoms with Gasteiger partial charge in [-0.3, -0.25) is 4.79 Å². The first kappa shape index (κ1) is 22.7. The summed E-state index contributed by atoms with van der Waals surface area (Å²) < 4.78 is 12.1. The van der Waals surface area contributed by atoms with Crippen molar-refractivity contribution in [2.45, 2.75) is 12.5 Å². The number of methoxy groups -OCH3 is 1. The number of hydrogen-bond acceptors (Lipinski definition) is 5. The van der Waals surface area contributed by atoms with E-state index in [2.05, 4.69) is 0 Å². The van der Waals surface area contributed by atoms with Crippen LogP contribution < -0.4 is 4.74 Å². The average molecular weight is 453 g/mol. The molecule has 4 rings (SSSR count). The minimum absolute atomic E-state index is 0.178. The lowest BCUT2D eigenvalue weighted by atomic mass is 10.0. The fourth-order valence-corrected chi connectivity index (χ4v) is 3.68. The third-order valence-electron chi connectivity index (χ3n) is 5.43. The summed E-state index contributed by atoms with van der Waals surface area (Å²) in [6, 6.07) is 27.3. The van der Waals surface area contributed by atoms with Crippen molar-refractivity contribution in [2.24, 2.45) is 0 Å². The van der Waals surface area contributed by atoms with Gasteiger partial charge in [-0.05, 0) is 42.0 Å². The molecular weight excluding hydrogens is 430 g/mol. The van der Waals surface area contributed by atoms with Crippen molar-refractivity contribution in [1.29, 1.82) is 0 Å². The second-order valence-electron chi connectivity index (χ2n) is 7.64. The molecule has 1 atom stereocenters. The van der Waals surface area contributed by atoms with E-state index < -0.39 is 18.0 Å². The van der Waals surface area contributed by atoms with Crippen molar-refractivity contribution in [3.63, 3.8) is 0 Å². The third-order valence-corrected chi connectivity index (χ3v) is 5.43. The van der Waals surface area contributed by atoms with Gasteiger partial charge in [0.1, 0.15) is 11.8 Å². The number of nitrogens with zero attached hydrogens (tertiary/aromatic N) is 1. The van der Waals surface area contributed by atoms with Gasteiger partial charge in [0, 0.05) is 18.2 Å². The molecule has 0 fully saturated rings. The molecule has 0 saturated carbocycles. The molecule has 1 aromatic heterocycles. The van der Waals surface area contributed by atoms with Crippen molar-refractivity contribution in [1.82, 2.24) is 4.57 Å². The summed E-state index contributed by atoms with van der Waals surface area (Å²) in [7, 11) is 1.32. The molecular formula is C28H23NO5. The molecule has 3 aromatic carbocycles. The van der Waals surface area contributed by atoms with Gasteiger partial charge in [0.15, 0.2) is 0 Å². The second kappa shape index (κ2) is 10.4. The highest BCUT2D eigenvalue weighted by atomic mass is 16.5. The summed E-state index contributed by atoms with van der Waals surface area (Å²) in [4.78, 5) is 38.0. The molecule has 4 aromatic rings. The molecule has 6 heteroatoms. The zero-order chi connectivity index (χ0) is 23.9. The molecule has 0 radical (unpaired) electrons. The predicted octanol–water partition coefficient (Wildman–Crippen LogP) is 4.90. The molecule has 0 aliphatic carbocycles. The monoisotopic (exact) mass is 453 g/mol. The highest BCUT2D eigenvalue weighted by Crippen LogP contribution is 2.23. The van der Waals surface area contributed by atoms with Crippen molar-refractivity contribution in [3.05, 3.63) is 126 Å². The maximum Gasteiger partial charge on any atom is 0.343 e. The molecule has 6 nitrogen and oxygen atoms in total. The van der Waals surface area contributed by atoms with E-state index in [1.807, 2.05) is 12.1 Å². The second-order valence-corrected chi connectivity index (χ2v) is 7.64. The average Bonchev–Trinajstić information content (AvgIpc) is 3.38. The fourth-order valence-electron chi connectivity index (χ4n) is 3.68. The van der Waals surface area contributed by atoms with Crippen molar-refractivity contribution in [3.8, 4) is 5.75 Å². The molecule has 0 aliphatic rings. The van der Waals surface area contributed by atoms with E-state index in [1.165, 1.54) is 7.11 Å². The van der Waals surface area contributed by atoms with Crippen LogP contribution in [-0.2, 0) is 16.0 Å². The Morgan fingerprint density at radius 1 is 0.765 bits per heavy atom. The van der Waals surface area contributed by atoms with Crippen molar-refractivity contribution in [2.75, 3.05) is 7.11 Å². The van der Waals surface area contributed by atoms with Crippen LogP contribution in [0.2, 0.25) is 0 Å². The number of ether oxygens (including phenoxy) is 2. The first-order valence-electron chi connectivity index (χ1n) is 10.8. The van der Waals surface area contributed by atoms with Crippen LogP contribution in [0.25, 0.3) is 0 Å². The van der Waals surface area contributed by atoms with E-state index >= 15 is 0 Å². The van der Waals surface area contributed by atoms with Crippen LogP contribution in [0.4, 0.5) is 0 Å². The largest absolute Gasteiger partial charge is 0.467 e. The topological polar surface area (TPSA) is 74.6 Å². The van der Waals surface area contributed by atoms with E-state index in [4.69, 9.17) is 9.47 Å². The summed E-state index contributed by atoms with van der Waals surface area (Å²) in [5.41, 5.74) is 2.22. The maximum atomic E-state index is 13.0. The van der Waals surface area contributed by atoms with E-state index in [9.17, 15) is 14.4 Å². The Morgan fingerprint density at radius 2 is 1.38 bits per heavy atom. The van der Waals surface area contributed by atoms with Gasteiger partial charge >= 0.3 is 11.9 Å². The Balaban J connectivity index is 1.53. The predicted molar refractivity (Wildman–Crippen MR) is 127 cm³/mol. The molecule has 0 saturated heterocycles. The van der Waals surface area contributed by atoms with Gasteiger partial charge in [-0.1, -0.05) is 60.7 Å². The van der Waals surface area contributed by atoms with Crippen LogP contribution >= 0.6 is 0 Å². The van der Waals surface area contributed by atoms with Crippen LogP contribution in [0, 0.1) is 0 Å². The first-order valence-corrected chi connectivity index (χ1v) is 10.8. The Hall–Kier alpha value is -4.45. The number of ketones is 1. The summed E-state index contributed by atoms with van der Waals surface area (Å²) in [6.45, 7) is 0. The molecule has 34 heavy (non-hydrogen) atoms. The summed E-state index contributed by atoms with van der Waals surface area (Å²) in [5.74, 6) is -0.689. The standard InChI is InChI=1S/C28H23NO5/c1-33-28(32)25(29-18-8-13-24(29)26(30)21-9-4-2-5-10-21)19-20-14-16-23(17-15-20)34-27(31)22-11-6-3-7-12-22/h2-18,25H,19H2,1H3/t25-/m0/s1. The molecule has 0 bridgehead atoms. The lowest BCUT2D eigenvalue weighted by molar-refractivity contribution is -0.144. The van der Waals surface area contributed by atoms with E-state index in [0.717, 1.165) is 5.56 Å². The molecule has 170 valence electrons. The zero-order valence-electron chi connectivity index (χ0n) is 18.6. The van der Waals surface area contributed by atoms with Gasteiger partial charge in [-0.25, -0.2) is 9.59 Å². The Bertz CT molecular complexity index is 1280. The van der Waals surface area contributed by atoms with Crippen LogP contribution in [-0.4, -0.2) is 29.4 Å². The van der Waals surface area contributed by atoms with Gasteiger partial charge in [0.25, 0.3) is 0 Å². The van der Waals surface area contributed by atoms with Gasteiger partial charge < -0.3 is 14.0 Å². The summed E-state index contributed by atoms with van der Waals surface area (Å²) in [6.07, 6.45) is 2.00. The van der Waals surface area contributed by atoms with E-state index in [-0.39, 0.29) is 5.78 Å². The van der Waals surface area contributed by atoms with Crippen LogP contribution in [0.1, 0.15) is 38.0 Å².